The van der Waals surface area contributed by atoms with Crippen molar-refractivity contribution in [3.05, 3.63) is 58.7 Å². The van der Waals surface area contributed by atoms with E-state index in [0.29, 0.717) is 11.0 Å². The molecule has 0 fully saturated rings. The van der Waals surface area contributed by atoms with Gasteiger partial charge in [0.15, 0.2) is 0 Å². The Hall–Kier alpha value is -2.17. The minimum atomic E-state index is 0.542. The minimum Gasteiger partial charge on any atom is -0.324 e. The number of aryl methyl sites for hydroxylation is 1. The zero-order valence-corrected chi connectivity index (χ0v) is 13.3. The number of hydrogen-bond acceptors (Lipinski definition) is 4. The van der Waals surface area contributed by atoms with Crippen LogP contribution in [0.4, 0.5) is 11.6 Å². The van der Waals surface area contributed by atoms with Crippen molar-refractivity contribution in [2.24, 2.45) is 0 Å². The van der Waals surface area contributed by atoms with Gasteiger partial charge in [0, 0.05) is 23.8 Å². The molecule has 4 nitrogen and oxygen atoms in total. The van der Waals surface area contributed by atoms with Crippen LogP contribution in [0.2, 0.25) is 5.02 Å². The van der Waals surface area contributed by atoms with Gasteiger partial charge in [-0.25, -0.2) is 9.97 Å². The molecule has 2 N–H and O–H groups in total. The number of anilines is 2. The number of fused-ring (bicyclic) bond motifs is 1. The normalized spacial score (nSPS) is 10.9. The van der Waals surface area contributed by atoms with Crippen LogP contribution in [-0.4, -0.2) is 17.0 Å². The van der Waals surface area contributed by atoms with E-state index in [1.165, 1.54) is 5.56 Å². The zero-order chi connectivity index (χ0) is 15.5. The summed E-state index contributed by atoms with van der Waals surface area (Å²) in [6.45, 7) is 2.82. The minimum absolute atomic E-state index is 0.542. The summed E-state index contributed by atoms with van der Waals surface area (Å²) in [4.78, 5) is 8.88. The van der Waals surface area contributed by atoms with Crippen LogP contribution in [0.15, 0.2) is 42.6 Å². The average Bonchev–Trinajstić information content (AvgIpc) is 2.48. The molecule has 0 saturated heterocycles. The average molecular weight is 313 g/mol. The third-order valence-corrected chi connectivity index (χ3v) is 3.63. The molecular formula is C17H17ClN4. The van der Waals surface area contributed by atoms with Gasteiger partial charge in [-0.2, -0.15) is 0 Å². The number of aromatic nitrogens is 2. The molecule has 0 amide bonds. The molecule has 0 radical (unpaired) electrons. The lowest BCUT2D eigenvalue weighted by Crippen LogP contribution is -2.05. The predicted molar refractivity (Wildman–Crippen MR) is 91.8 cm³/mol. The molecule has 5 heteroatoms. The molecule has 0 aliphatic carbocycles. The summed E-state index contributed by atoms with van der Waals surface area (Å²) in [5, 5.41) is 7.95. The highest BCUT2D eigenvalue weighted by Crippen LogP contribution is 2.25. The number of benzene rings is 2. The van der Waals surface area contributed by atoms with Crippen LogP contribution in [0.3, 0.4) is 0 Å². The van der Waals surface area contributed by atoms with E-state index in [-0.39, 0.29) is 0 Å². The van der Waals surface area contributed by atoms with Crippen molar-refractivity contribution in [2.75, 3.05) is 12.4 Å². The van der Waals surface area contributed by atoms with E-state index in [0.717, 1.165) is 28.7 Å². The molecule has 0 bridgehead atoms. The quantitative estimate of drug-likeness (QED) is 0.763. The van der Waals surface area contributed by atoms with Crippen molar-refractivity contribution in [2.45, 2.75) is 13.5 Å². The van der Waals surface area contributed by atoms with Crippen LogP contribution >= 0.6 is 11.6 Å². The van der Waals surface area contributed by atoms with Crippen LogP contribution in [0.5, 0.6) is 0 Å². The largest absolute Gasteiger partial charge is 0.324 e. The maximum absolute atomic E-state index is 6.28. The number of rotatable bonds is 4. The highest BCUT2D eigenvalue weighted by atomic mass is 35.5. The maximum Gasteiger partial charge on any atom is 0.227 e. The standard InChI is InChI=1S/C17H17ClN4/c1-11-6-13-10-20-17(22-16(13)15(18)7-11)21-14-5-3-4-12(8-14)9-19-2/h3-8,10,19H,9H2,1-2H3,(H,20,21,22). The second-order valence-electron chi connectivity index (χ2n) is 5.23. The van der Waals surface area contributed by atoms with Gasteiger partial charge in [0.1, 0.15) is 0 Å². The Labute approximate surface area is 134 Å². The molecule has 3 rings (SSSR count). The third kappa shape index (κ3) is 3.18. The topological polar surface area (TPSA) is 49.8 Å². The summed E-state index contributed by atoms with van der Waals surface area (Å²) in [6, 6.07) is 12.1. The van der Waals surface area contributed by atoms with Gasteiger partial charge in [-0.3, -0.25) is 0 Å². The van der Waals surface area contributed by atoms with Gasteiger partial charge in [-0.1, -0.05) is 23.7 Å². The van der Waals surface area contributed by atoms with Crippen molar-refractivity contribution in [1.82, 2.24) is 15.3 Å². The molecule has 0 aliphatic rings. The number of hydrogen-bond donors (Lipinski definition) is 2. The fraction of sp³-hybridized carbons (Fsp3) is 0.176. The van der Waals surface area contributed by atoms with Gasteiger partial charge < -0.3 is 10.6 Å². The molecule has 0 unspecified atom stereocenters. The number of nitrogens with zero attached hydrogens (tertiary/aromatic N) is 2. The van der Waals surface area contributed by atoms with Crippen LogP contribution in [0.1, 0.15) is 11.1 Å². The summed E-state index contributed by atoms with van der Waals surface area (Å²) >= 11 is 6.28. The summed E-state index contributed by atoms with van der Waals surface area (Å²) < 4.78 is 0. The SMILES string of the molecule is CNCc1cccc(Nc2ncc3cc(C)cc(Cl)c3n2)c1. The van der Waals surface area contributed by atoms with Crippen molar-refractivity contribution < 1.29 is 0 Å². The molecule has 1 aromatic heterocycles. The fourth-order valence-corrected chi connectivity index (χ4v) is 2.72. The van der Waals surface area contributed by atoms with E-state index in [4.69, 9.17) is 11.6 Å². The van der Waals surface area contributed by atoms with Crippen molar-refractivity contribution >= 4 is 34.1 Å². The molecule has 22 heavy (non-hydrogen) atoms. The molecule has 0 aliphatic heterocycles. The predicted octanol–water partition coefficient (Wildman–Crippen LogP) is 4.05. The molecule has 112 valence electrons. The molecule has 0 atom stereocenters. The lowest BCUT2D eigenvalue weighted by atomic mass is 10.2. The summed E-state index contributed by atoms with van der Waals surface area (Å²) in [6.07, 6.45) is 1.79. The van der Waals surface area contributed by atoms with Crippen LogP contribution < -0.4 is 10.6 Å². The molecular weight excluding hydrogens is 296 g/mol. The van der Waals surface area contributed by atoms with E-state index in [2.05, 4.69) is 32.7 Å². The Morgan fingerprint density at radius 1 is 1.18 bits per heavy atom. The first-order chi connectivity index (χ1) is 10.7. The van der Waals surface area contributed by atoms with Crippen LogP contribution in [0.25, 0.3) is 10.9 Å². The van der Waals surface area contributed by atoms with E-state index in [9.17, 15) is 0 Å². The summed E-state index contributed by atoms with van der Waals surface area (Å²) in [5.41, 5.74) is 4.01. The Balaban J connectivity index is 1.92. The Morgan fingerprint density at radius 2 is 2.05 bits per heavy atom. The van der Waals surface area contributed by atoms with Gasteiger partial charge >= 0.3 is 0 Å². The number of nitrogens with one attached hydrogen (secondary N) is 2. The molecule has 0 saturated carbocycles. The van der Waals surface area contributed by atoms with Crippen LogP contribution in [0, 0.1) is 6.92 Å². The Morgan fingerprint density at radius 3 is 2.86 bits per heavy atom. The highest BCUT2D eigenvalue weighted by Gasteiger charge is 2.05. The zero-order valence-electron chi connectivity index (χ0n) is 12.5. The van der Waals surface area contributed by atoms with Crippen molar-refractivity contribution in [3.63, 3.8) is 0 Å². The smallest absolute Gasteiger partial charge is 0.227 e. The first kappa shape index (κ1) is 14.8. The second kappa shape index (κ2) is 6.30. The fourth-order valence-electron chi connectivity index (χ4n) is 2.40. The van der Waals surface area contributed by atoms with Gasteiger partial charge in [0.2, 0.25) is 5.95 Å². The summed E-state index contributed by atoms with van der Waals surface area (Å²) in [5.74, 6) is 0.542. The van der Waals surface area contributed by atoms with E-state index < -0.39 is 0 Å². The monoisotopic (exact) mass is 312 g/mol. The lowest BCUT2D eigenvalue weighted by Gasteiger charge is -2.08. The molecule has 0 spiro atoms. The summed E-state index contributed by atoms with van der Waals surface area (Å²) in [7, 11) is 1.93. The van der Waals surface area contributed by atoms with Gasteiger partial charge in [0.25, 0.3) is 0 Å². The molecule has 1 heterocycles. The maximum atomic E-state index is 6.28. The van der Waals surface area contributed by atoms with Crippen molar-refractivity contribution in [3.8, 4) is 0 Å². The van der Waals surface area contributed by atoms with Gasteiger partial charge in [-0.05, 0) is 49.4 Å². The van der Waals surface area contributed by atoms with E-state index >= 15 is 0 Å². The van der Waals surface area contributed by atoms with E-state index in [1.54, 1.807) is 6.20 Å². The Kier molecular flexibility index (Phi) is 4.22. The van der Waals surface area contributed by atoms with Crippen molar-refractivity contribution in [1.29, 1.82) is 0 Å². The first-order valence-corrected chi connectivity index (χ1v) is 7.47. The van der Waals surface area contributed by atoms with Gasteiger partial charge in [-0.15, -0.1) is 0 Å². The first-order valence-electron chi connectivity index (χ1n) is 7.09. The number of halogens is 1. The van der Waals surface area contributed by atoms with Gasteiger partial charge in [0.05, 0.1) is 10.5 Å². The highest BCUT2D eigenvalue weighted by molar-refractivity contribution is 6.35. The molecule has 2 aromatic carbocycles. The van der Waals surface area contributed by atoms with Crippen LogP contribution in [-0.2, 0) is 6.54 Å². The second-order valence-corrected chi connectivity index (χ2v) is 5.64. The van der Waals surface area contributed by atoms with E-state index in [1.807, 2.05) is 38.2 Å². The Bertz CT molecular complexity index is 817. The lowest BCUT2D eigenvalue weighted by molar-refractivity contribution is 0.818. The third-order valence-electron chi connectivity index (χ3n) is 3.34. The molecule has 3 aromatic rings.